The van der Waals surface area contributed by atoms with Crippen LogP contribution in [0.2, 0.25) is 0 Å². The molecule has 1 amide bonds. The number of rotatable bonds is 3. The fourth-order valence-corrected chi connectivity index (χ4v) is 2.58. The zero-order chi connectivity index (χ0) is 14.8. The fraction of sp³-hybridized carbons (Fsp3) is 0. The zero-order valence-corrected chi connectivity index (χ0v) is 12.5. The number of carbonyl (C=O) groups excluding carboxylic acids is 1. The van der Waals surface area contributed by atoms with E-state index in [1.807, 2.05) is 0 Å². The van der Waals surface area contributed by atoms with Crippen LogP contribution in [0.5, 0.6) is 0 Å². The molecule has 0 radical (unpaired) electrons. The Morgan fingerprint density at radius 3 is 2.50 bits per heavy atom. The summed E-state index contributed by atoms with van der Waals surface area (Å²) in [7, 11) is -3.91. The predicted molar refractivity (Wildman–Crippen MR) is 77.7 cm³/mol. The summed E-state index contributed by atoms with van der Waals surface area (Å²) in [5.41, 5.74) is 0.269. The normalized spacial score (nSPS) is 11.1. The first kappa shape index (κ1) is 14.6. The first-order valence-corrected chi connectivity index (χ1v) is 7.77. The summed E-state index contributed by atoms with van der Waals surface area (Å²) in [5.74, 6) is -0.526. The summed E-state index contributed by atoms with van der Waals surface area (Å²) in [5, 5.41) is 7.57. The van der Waals surface area contributed by atoms with Crippen molar-refractivity contribution in [3.05, 3.63) is 52.8 Å². The van der Waals surface area contributed by atoms with Gasteiger partial charge in [-0.2, -0.15) is 0 Å². The van der Waals surface area contributed by atoms with Crippen LogP contribution in [-0.2, 0) is 10.0 Å². The second-order valence-corrected chi connectivity index (χ2v) is 6.18. The SMILES string of the molecule is NS(=O)(=O)c1ccccc1NC(=O)c1cccc(Br)n1. The van der Waals surface area contributed by atoms with Gasteiger partial charge in [0.15, 0.2) is 0 Å². The summed E-state index contributed by atoms with van der Waals surface area (Å²) in [6, 6.07) is 10.7. The van der Waals surface area contributed by atoms with Gasteiger partial charge in [-0.25, -0.2) is 18.5 Å². The molecule has 2 rings (SSSR count). The van der Waals surface area contributed by atoms with Crippen LogP contribution in [0.3, 0.4) is 0 Å². The molecule has 0 atom stereocenters. The third-order valence-electron chi connectivity index (χ3n) is 2.39. The van der Waals surface area contributed by atoms with Crippen molar-refractivity contribution in [2.75, 3.05) is 5.32 Å². The van der Waals surface area contributed by atoms with Gasteiger partial charge in [-0.05, 0) is 40.2 Å². The number of benzene rings is 1. The summed E-state index contributed by atoms with van der Waals surface area (Å²) in [6.07, 6.45) is 0. The van der Waals surface area contributed by atoms with Crippen molar-refractivity contribution in [1.82, 2.24) is 4.98 Å². The van der Waals surface area contributed by atoms with Gasteiger partial charge >= 0.3 is 0 Å². The van der Waals surface area contributed by atoms with Crippen LogP contribution in [0.25, 0.3) is 0 Å². The van der Waals surface area contributed by atoms with E-state index in [2.05, 4.69) is 26.2 Å². The van der Waals surface area contributed by atoms with Crippen LogP contribution >= 0.6 is 15.9 Å². The second kappa shape index (κ2) is 5.70. The average molecular weight is 356 g/mol. The molecule has 3 N–H and O–H groups in total. The Bertz CT molecular complexity index is 762. The molecule has 0 unspecified atom stereocenters. The van der Waals surface area contributed by atoms with Gasteiger partial charge in [0.1, 0.15) is 15.2 Å². The molecule has 0 aliphatic carbocycles. The number of sulfonamides is 1. The Labute approximate surface area is 124 Å². The maximum Gasteiger partial charge on any atom is 0.274 e. The van der Waals surface area contributed by atoms with Crippen molar-refractivity contribution in [2.45, 2.75) is 4.90 Å². The van der Waals surface area contributed by atoms with Crippen molar-refractivity contribution >= 4 is 37.5 Å². The van der Waals surface area contributed by atoms with E-state index < -0.39 is 15.9 Å². The molecule has 6 nitrogen and oxygen atoms in total. The Kier molecular flexibility index (Phi) is 4.17. The lowest BCUT2D eigenvalue weighted by Gasteiger charge is -2.09. The molecule has 1 heterocycles. The topological polar surface area (TPSA) is 102 Å². The Morgan fingerprint density at radius 1 is 1.15 bits per heavy atom. The van der Waals surface area contributed by atoms with Crippen LogP contribution in [0.15, 0.2) is 52.0 Å². The number of aromatic nitrogens is 1. The largest absolute Gasteiger partial charge is 0.319 e. The van der Waals surface area contributed by atoms with Gasteiger partial charge in [-0.15, -0.1) is 0 Å². The molecule has 1 aromatic carbocycles. The molecular formula is C12H10BrN3O3S. The number of primary sulfonamides is 1. The summed E-state index contributed by atoms with van der Waals surface area (Å²) < 4.78 is 23.4. The van der Waals surface area contributed by atoms with E-state index in [9.17, 15) is 13.2 Å². The molecule has 20 heavy (non-hydrogen) atoms. The summed E-state index contributed by atoms with van der Waals surface area (Å²) in [4.78, 5) is 15.9. The Morgan fingerprint density at radius 2 is 1.85 bits per heavy atom. The van der Waals surface area contributed by atoms with Gasteiger partial charge in [-0.1, -0.05) is 18.2 Å². The number of halogens is 1. The quantitative estimate of drug-likeness (QED) is 0.818. The number of hydrogen-bond donors (Lipinski definition) is 2. The molecule has 1 aromatic heterocycles. The average Bonchev–Trinajstić information content (AvgIpc) is 2.38. The van der Waals surface area contributed by atoms with Crippen molar-refractivity contribution in [3.8, 4) is 0 Å². The first-order chi connectivity index (χ1) is 9.38. The van der Waals surface area contributed by atoms with Crippen molar-refractivity contribution in [1.29, 1.82) is 0 Å². The maximum absolute atomic E-state index is 12.0. The van der Waals surface area contributed by atoms with Crippen LogP contribution in [0, 0.1) is 0 Å². The number of hydrogen-bond acceptors (Lipinski definition) is 4. The molecule has 0 aliphatic rings. The standard InChI is InChI=1S/C12H10BrN3O3S/c13-11-7-3-5-9(15-11)12(17)16-8-4-1-2-6-10(8)20(14,18)19/h1-7H,(H,16,17)(H2,14,18,19). The number of nitrogens with two attached hydrogens (primary N) is 1. The molecule has 0 fully saturated rings. The van der Waals surface area contributed by atoms with Gasteiger partial charge in [0.2, 0.25) is 10.0 Å². The van der Waals surface area contributed by atoms with Crippen LogP contribution in [0.4, 0.5) is 5.69 Å². The van der Waals surface area contributed by atoms with Gasteiger partial charge in [0.25, 0.3) is 5.91 Å². The lowest BCUT2D eigenvalue weighted by molar-refractivity contribution is 0.102. The third-order valence-corrected chi connectivity index (χ3v) is 3.80. The fourth-order valence-electron chi connectivity index (χ4n) is 1.54. The van der Waals surface area contributed by atoms with E-state index in [4.69, 9.17) is 5.14 Å². The molecule has 2 aromatic rings. The van der Waals surface area contributed by atoms with E-state index in [1.165, 1.54) is 24.3 Å². The summed E-state index contributed by atoms with van der Waals surface area (Å²) >= 11 is 3.16. The number of anilines is 1. The third kappa shape index (κ3) is 3.41. The first-order valence-electron chi connectivity index (χ1n) is 5.43. The minimum Gasteiger partial charge on any atom is -0.319 e. The van der Waals surface area contributed by atoms with Gasteiger partial charge in [0, 0.05) is 0 Å². The Hall–Kier alpha value is -1.77. The minimum absolute atomic E-state index is 0.113. The number of nitrogens with one attached hydrogen (secondary N) is 1. The van der Waals surface area contributed by atoms with Gasteiger partial charge in [-0.3, -0.25) is 4.79 Å². The number of amides is 1. The molecule has 0 bridgehead atoms. The smallest absolute Gasteiger partial charge is 0.274 e. The highest BCUT2D eigenvalue weighted by molar-refractivity contribution is 9.10. The number of para-hydroxylation sites is 1. The number of nitrogens with zero attached hydrogens (tertiary/aromatic N) is 1. The molecule has 0 spiro atoms. The number of pyridine rings is 1. The van der Waals surface area contributed by atoms with E-state index in [-0.39, 0.29) is 16.3 Å². The van der Waals surface area contributed by atoms with Crippen molar-refractivity contribution in [2.24, 2.45) is 5.14 Å². The highest BCUT2D eigenvalue weighted by atomic mass is 79.9. The van der Waals surface area contributed by atoms with E-state index in [0.29, 0.717) is 4.60 Å². The van der Waals surface area contributed by atoms with E-state index in [1.54, 1.807) is 18.2 Å². The van der Waals surface area contributed by atoms with E-state index in [0.717, 1.165) is 0 Å². The van der Waals surface area contributed by atoms with E-state index >= 15 is 0 Å². The Balaban J connectivity index is 2.34. The van der Waals surface area contributed by atoms with Gasteiger partial charge in [0.05, 0.1) is 5.69 Å². The molecule has 104 valence electrons. The molecule has 0 saturated carbocycles. The molecular weight excluding hydrogens is 346 g/mol. The van der Waals surface area contributed by atoms with Gasteiger partial charge < -0.3 is 5.32 Å². The number of carbonyl (C=O) groups is 1. The molecule has 8 heteroatoms. The minimum atomic E-state index is -3.91. The van der Waals surface area contributed by atoms with Crippen LogP contribution in [0.1, 0.15) is 10.5 Å². The van der Waals surface area contributed by atoms with Crippen molar-refractivity contribution in [3.63, 3.8) is 0 Å². The predicted octanol–water partition coefficient (Wildman–Crippen LogP) is 1.74. The highest BCUT2D eigenvalue weighted by Gasteiger charge is 2.16. The lowest BCUT2D eigenvalue weighted by atomic mass is 10.3. The monoisotopic (exact) mass is 355 g/mol. The highest BCUT2D eigenvalue weighted by Crippen LogP contribution is 2.20. The molecule has 0 saturated heterocycles. The molecule has 0 aliphatic heterocycles. The van der Waals surface area contributed by atoms with Crippen molar-refractivity contribution < 1.29 is 13.2 Å². The van der Waals surface area contributed by atoms with Crippen LogP contribution < -0.4 is 10.5 Å². The van der Waals surface area contributed by atoms with Crippen LogP contribution in [-0.4, -0.2) is 19.3 Å². The summed E-state index contributed by atoms with van der Waals surface area (Å²) in [6.45, 7) is 0. The zero-order valence-electron chi connectivity index (χ0n) is 10.1. The maximum atomic E-state index is 12.0. The second-order valence-electron chi connectivity index (χ2n) is 3.84. The lowest BCUT2D eigenvalue weighted by Crippen LogP contribution is -2.19.